The number of carbonyl (C=O) groups is 1. The Labute approximate surface area is 127 Å². The van der Waals surface area contributed by atoms with Crippen LogP contribution >= 0.6 is 11.3 Å². The van der Waals surface area contributed by atoms with Crippen LogP contribution in [0.4, 0.5) is 5.13 Å². The monoisotopic (exact) mass is 338 g/mol. The summed E-state index contributed by atoms with van der Waals surface area (Å²) in [6.45, 7) is 4.52. The summed E-state index contributed by atoms with van der Waals surface area (Å²) in [4.78, 5) is 14.3. The minimum Gasteiger partial charge on any atom is -1.00 e. The predicted octanol–water partition coefficient (Wildman–Crippen LogP) is -0.949. The Morgan fingerprint density at radius 3 is 2.84 bits per heavy atom. The second kappa shape index (κ2) is 5.84. The molecule has 0 amide bonds. The summed E-state index contributed by atoms with van der Waals surface area (Å²) < 4.78 is 2.28. The van der Waals surface area contributed by atoms with E-state index in [1.165, 1.54) is 10.8 Å². The van der Waals surface area contributed by atoms with Crippen LogP contribution in [0.2, 0.25) is 0 Å². The highest BCUT2D eigenvalue weighted by Gasteiger charge is 2.32. The molecule has 0 N–H and O–H groups in total. The van der Waals surface area contributed by atoms with Crippen molar-refractivity contribution < 1.29 is 26.3 Å². The number of Topliss-reactive ketones (excluding diaryl/α,β-unsaturated/α-hetero) is 1. The molecule has 1 aliphatic heterocycles. The molecule has 2 heterocycles. The maximum Gasteiger partial charge on any atom is 0.336 e. The van der Waals surface area contributed by atoms with Gasteiger partial charge < -0.3 is 17.0 Å². The number of nitrogens with zero attached hydrogens (tertiary/aromatic N) is 2. The lowest BCUT2D eigenvalue weighted by Crippen LogP contribution is -3.00. The average molecular weight is 339 g/mol. The Hall–Kier alpha value is -1.20. The maximum absolute atomic E-state index is 12.2. The predicted molar refractivity (Wildman–Crippen MR) is 72.2 cm³/mol. The van der Waals surface area contributed by atoms with Crippen LogP contribution in [0.15, 0.2) is 35.7 Å². The molecule has 0 bridgehead atoms. The minimum absolute atomic E-state index is 0. The van der Waals surface area contributed by atoms with Crippen LogP contribution in [0.5, 0.6) is 0 Å². The van der Waals surface area contributed by atoms with Gasteiger partial charge in [0.25, 0.3) is 0 Å². The summed E-state index contributed by atoms with van der Waals surface area (Å²) in [5, 5.41) is 3.35. The first-order valence-corrected chi connectivity index (χ1v) is 6.95. The fraction of sp³-hybridized carbons (Fsp3) is 0.286. The van der Waals surface area contributed by atoms with E-state index >= 15 is 0 Å². The fourth-order valence-corrected chi connectivity index (χ4v) is 3.36. The van der Waals surface area contributed by atoms with Gasteiger partial charge in [0.2, 0.25) is 5.78 Å². The lowest BCUT2D eigenvalue weighted by atomic mass is 10.1. The number of hydrogen-bond donors (Lipinski definition) is 0. The first-order chi connectivity index (χ1) is 8.75. The van der Waals surface area contributed by atoms with Gasteiger partial charge in [-0.15, -0.1) is 0 Å². The number of aryl methyl sites for hydroxylation is 1. The molecule has 1 aromatic heterocycles. The lowest BCUT2D eigenvalue weighted by molar-refractivity contribution is -0.673. The van der Waals surface area contributed by atoms with Crippen molar-refractivity contribution in [3.8, 4) is 0 Å². The van der Waals surface area contributed by atoms with E-state index in [4.69, 9.17) is 0 Å². The van der Waals surface area contributed by atoms with Crippen molar-refractivity contribution in [3.05, 3.63) is 47.0 Å². The molecular formula is C14H15BrN2OS. The van der Waals surface area contributed by atoms with Gasteiger partial charge in [0.1, 0.15) is 25.3 Å². The summed E-state index contributed by atoms with van der Waals surface area (Å²) in [6.07, 6.45) is 0. The van der Waals surface area contributed by atoms with Gasteiger partial charge in [0.15, 0.2) is 0 Å². The van der Waals surface area contributed by atoms with Gasteiger partial charge in [-0.1, -0.05) is 41.7 Å². The normalized spacial score (nSPS) is 13.0. The Morgan fingerprint density at radius 1 is 1.37 bits per heavy atom. The minimum atomic E-state index is 0. The Bertz CT molecular complexity index is 582. The Kier molecular flexibility index (Phi) is 4.37. The fourth-order valence-electron chi connectivity index (χ4n) is 2.29. The van der Waals surface area contributed by atoms with Gasteiger partial charge in [-0.05, 0) is 6.92 Å². The molecule has 0 saturated carbocycles. The van der Waals surface area contributed by atoms with E-state index in [-0.39, 0.29) is 22.8 Å². The van der Waals surface area contributed by atoms with Crippen molar-refractivity contribution in [1.29, 1.82) is 0 Å². The van der Waals surface area contributed by atoms with Crippen molar-refractivity contribution >= 4 is 22.3 Å². The SMILES string of the molecule is Cc1csc2[n+]1CCN2CC(=O)c1ccccc1.[Br-]. The van der Waals surface area contributed by atoms with Gasteiger partial charge >= 0.3 is 5.13 Å². The highest BCUT2D eigenvalue weighted by molar-refractivity contribution is 7.13. The third-order valence-electron chi connectivity index (χ3n) is 3.29. The zero-order valence-electron chi connectivity index (χ0n) is 10.7. The van der Waals surface area contributed by atoms with Crippen molar-refractivity contribution in [2.24, 2.45) is 0 Å². The molecule has 5 heteroatoms. The number of rotatable bonds is 3. The zero-order chi connectivity index (χ0) is 12.5. The lowest BCUT2D eigenvalue weighted by Gasteiger charge is -2.07. The van der Waals surface area contributed by atoms with Crippen LogP contribution < -0.4 is 26.4 Å². The molecule has 3 rings (SSSR count). The summed E-state index contributed by atoms with van der Waals surface area (Å²) in [7, 11) is 0. The van der Waals surface area contributed by atoms with Crippen LogP contribution in [-0.4, -0.2) is 18.9 Å². The average Bonchev–Trinajstić information content (AvgIpc) is 2.95. The third kappa shape index (κ3) is 2.72. The smallest absolute Gasteiger partial charge is 0.336 e. The number of fused-ring (bicyclic) bond motifs is 1. The van der Waals surface area contributed by atoms with Crippen LogP contribution in [-0.2, 0) is 6.54 Å². The molecule has 0 aliphatic carbocycles. The van der Waals surface area contributed by atoms with E-state index < -0.39 is 0 Å². The van der Waals surface area contributed by atoms with Crippen molar-refractivity contribution in [2.75, 3.05) is 18.0 Å². The molecule has 100 valence electrons. The second-order valence-electron chi connectivity index (χ2n) is 4.52. The van der Waals surface area contributed by atoms with Crippen molar-refractivity contribution in [3.63, 3.8) is 0 Å². The molecule has 0 fully saturated rings. The van der Waals surface area contributed by atoms with Crippen LogP contribution in [0, 0.1) is 6.92 Å². The molecule has 3 nitrogen and oxygen atoms in total. The number of halogens is 1. The van der Waals surface area contributed by atoms with Gasteiger partial charge in [-0.3, -0.25) is 4.79 Å². The largest absolute Gasteiger partial charge is 1.00 e. The summed E-state index contributed by atoms with van der Waals surface area (Å²) in [6, 6.07) is 9.51. The van der Waals surface area contributed by atoms with Crippen LogP contribution in [0.1, 0.15) is 16.1 Å². The summed E-state index contributed by atoms with van der Waals surface area (Å²) >= 11 is 1.72. The van der Waals surface area contributed by atoms with E-state index in [2.05, 4.69) is 21.8 Å². The van der Waals surface area contributed by atoms with Crippen molar-refractivity contribution in [1.82, 2.24) is 0 Å². The first kappa shape index (κ1) is 14.2. The van der Waals surface area contributed by atoms with Crippen LogP contribution in [0.3, 0.4) is 0 Å². The second-order valence-corrected chi connectivity index (χ2v) is 5.36. The maximum atomic E-state index is 12.2. The molecule has 0 spiro atoms. The number of aromatic nitrogens is 1. The molecule has 0 atom stereocenters. The quantitative estimate of drug-likeness (QED) is 0.532. The van der Waals surface area contributed by atoms with Crippen LogP contribution in [0.25, 0.3) is 0 Å². The zero-order valence-corrected chi connectivity index (χ0v) is 13.1. The van der Waals surface area contributed by atoms with E-state index in [0.29, 0.717) is 6.54 Å². The number of hydrogen-bond acceptors (Lipinski definition) is 3. The Morgan fingerprint density at radius 2 is 2.11 bits per heavy atom. The molecule has 0 saturated heterocycles. The van der Waals surface area contributed by atoms with Gasteiger partial charge in [0.05, 0.1) is 0 Å². The molecular weight excluding hydrogens is 324 g/mol. The third-order valence-corrected chi connectivity index (χ3v) is 4.43. The van der Waals surface area contributed by atoms with E-state index in [1.54, 1.807) is 11.3 Å². The molecule has 19 heavy (non-hydrogen) atoms. The number of carbonyl (C=O) groups excluding carboxylic acids is 1. The number of anilines is 1. The van der Waals surface area contributed by atoms with E-state index in [1.807, 2.05) is 30.3 Å². The molecule has 0 radical (unpaired) electrons. The van der Waals surface area contributed by atoms with Crippen molar-refractivity contribution in [2.45, 2.75) is 13.5 Å². The summed E-state index contributed by atoms with van der Waals surface area (Å²) in [5.74, 6) is 0.190. The van der Waals surface area contributed by atoms with E-state index in [0.717, 1.165) is 18.7 Å². The molecule has 1 aromatic carbocycles. The molecule has 2 aromatic rings. The van der Waals surface area contributed by atoms with Gasteiger partial charge in [-0.25, -0.2) is 9.47 Å². The number of benzene rings is 1. The standard InChI is InChI=1S/C14H15N2OS.BrH/c1-11-10-18-14-15(7-8-16(11)14)9-13(17)12-5-3-2-4-6-12;/h2-6,10H,7-9H2,1H3;1H/q+1;/p-1. The highest BCUT2D eigenvalue weighted by Crippen LogP contribution is 2.22. The number of thiazole rings is 1. The molecule has 1 aliphatic rings. The Balaban J connectivity index is 0.00000133. The van der Waals surface area contributed by atoms with E-state index in [9.17, 15) is 4.79 Å². The molecule has 0 unspecified atom stereocenters. The first-order valence-electron chi connectivity index (χ1n) is 6.07. The number of ketones is 1. The van der Waals surface area contributed by atoms with Gasteiger partial charge in [0, 0.05) is 10.9 Å². The summed E-state index contributed by atoms with van der Waals surface area (Å²) in [5.41, 5.74) is 2.08. The topological polar surface area (TPSA) is 24.2 Å². The van der Waals surface area contributed by atoms with Gasteiger partial charge in [-0.2, -0.15) is 0 Å². The highest BCUT2D eigenvalue weighted by atomic mass is 79.9.